The van der Waals surface area contributed by atoms with E-state index in [1.165, 1.54) is 11.1 Å². The number of nitrogens with one attached hydrogen (secondary N) is 1. The second kappa shape index (κ2) is 6.24. The first-order valence-corrected chi connectivity index (χ1v) is 7.32. The first-order valence-electron chi connectivity index (χ1n) is 6.94. The fourth-order valence-electron chi connectivity index (χ4n) is 2.40. The van der Waals surface area contributed by atoms with Crippen molar-refractivity contribution in [2.45, 2.75) is 13.0 Å². The second-order valence-electron chi connectivity index (χ2n) is 5.06. The van der Waals surface area contributed by atoms with Crippen molar-refractivity contribution in [1.29, 1.82) is 0 Å². The van der Waals surface area contributed by atoms with E-state index in [9.17, 15) is 0 Å². The van der Waals surface area contributed by atoms with Crippen molar-refractivity contribution in [3.8, 4) is 0 Å². The Kier molecular flexibility index (Phi) is 4.18. The topological polar surface area (TPSA) is 42.7 Å². The zero-order chi connectivity index (χ0) is 14.7. The van der Waals surface area contributed by atoms with E-state index in [2.05, 4.69) is 15.4 Å². The molecule has 2 aromatic heterocycles. The van der Waals surface area contributed by atoms with Crippen molar-refractivity contribution >= 4 is 22.5 Å². The lowest BCUT2D eigenvalue weighted by Gasteiger charge is -2.08. The van der Waals surface area contributed by atoms with E-state index in [-0.39, 0.29) is 0 Å². The number of aryl methyl sites for hydroxylation is 1. The normalized spacial score (nSPS) is 11.1. The lowest BCUT2D eigenvalue weighted by molar-refractivity contribution is 0.688. The third kappa shape index (κ3) is 3.23. The zero-order valence-electron chi connectivity index (χ0n) is 11.9. The van der Waals surface area contributed by atoms with Gasteiger partial charge in [-0.05, 0) is 42.3 Å². The molecule has 0 saturated carbocycles. The van der Waals surface area contributed by atoms with Crippen LogP contribution in [0.4, 0.5) is 0 Å². The highest BCUT2D eigenvalue weighted by Gasteiger charge is 2.05. The Balaban J connectivity index is 1.64. The summed E-state index contributed by atoms with van der Waals surface area (Å²) in [5.41, 5.74) is 3.38. The summed E-state index contributed by atoms with van der Waals surface area (Å²) in [6.45, 7) is 1.69. The molecule has 0 unspecified atom stereocenters. The summed E-state index contributed by atoms with van der Waals surface area (Å²) in [5.74, 6) is 0. The van der Waals surface area contributed by atoms with Crippen LogP contribution in [0.25, 0.3) is 10.9 Å². The summed E-state index contributed by atoms with van der Waals surface area (Å²) in [7, 11) is 1.93. The standard InChI is InChI=1S/C16H17ClN4/c1-21-11-12(9-20-21)6-8-18-10-13-4-5-15(17)14-3-2-7-19-16(13)14/h2-5,7,9,11,18H,6,8,10H2,1H3. The molecule has 0 radical (unpaired) electrons. The van der Waals surface area contributed by atoms with Gasteiger partial charge in [0.05, 0.1) is 11.7 Å². The van der Waals surface area contributed by atoms with Crippen LogP contribution in [0.15, 0.2) is 42.9 Å². The van der Waals surface area contributed by atoms with Gasteiger partial charge in [0.2, 0.25) is 0 Å². The highest BCUT2D eigenvalue weighted by atomic mass is 35.5. The molecule has 0 aliphatic heterocycles. The fraction of sp³-hybridized carbons (Fsp3) is 0.250. The van der Waals surface area contributed by atoms with Crippen molar-refractivity contribution in [2.24, 2.45) is 7.05 Å². The summed E-state index contributed by atoms with van der Waals surface area (Å²) >= 11 is 6.20. The maximum absolute atomic E-state index is 6.20. The lowest BCUT2D eigenvalue weighted by atomic mass is 10.1. The molecule has 0 spiro atoms. The highest BCUT2D eigenvalue weighted by Crippen LogP contribution is 2.24. The Labute approximate surface area is 128 Å². The number of halogens is 1. The predicted octanol–water partition coefficient (Wildman–Crippen LogP) is 2.95. The van der Waals surface area contributed by atoms with E-state index in [4.69, 9.17) is 11.6 Å². The molecular weight excluding hydrogens is 284 g/mol. The van der Waals surface area contributed by atoms with Crippen molar-refractivity contribution in [2.75, 3.05) is 6.54 Å². The van der Waals surface area contributed by atoms with Crippen LogP contribution in [-0.2, 0) is 20.0 Å². The molecule has 0 aliphatic carbocycles. The Morgan fingerprint density at radius 1 is 1.29 bits per heavy atom. The van der Waals surface area contributed by atoms with Crippen molar-refractivity contribution < 1.29 is 0 Å². The SMILES string of the molecule is Cn1cc(CCNCc2ccc(Cl)c3cccnc23)cn1. The Hall–Kier alpha value is -1.91. The van der Waals surface area contributed by atoms with E-state index in [0.717, 1.165) is 35.4 Å². The molecule has 5 heteroatoms. The highest BCUT2D eigenvalue weighted by molar-refractivity contribution is 6.35. The van der Waals surface area contributed by atoms with Gasteiger partial charge in [-0.25, -0.2) is 0 Å². The number of benzene rings is 1. The van der Waals surface area contributed by atoms with Crippen LogP contribution in [0.5, 0.6) is 0 Å². The van der Waals surface area contributed by atoms with Crippen molar-refractivity contribution in [1.82, 2.24) is 20.1 Å². The maximum atomic E-state index is 6.20. The molecule has 0 aliphatic rings. The molecule has 21 heavy (non-hydrogen) atoms. The quantitative estimate of drug-likeness (QED) is 0.737. The number of aromatic nitrogens is 3. The molecule has 3 aromatic rings. The van der Waals surface area contributed by atoms with Gasteiger partial charge in [0.1, 0.15) is 0 Å². The van der Waals surface area contributed by atoms with Gasteiger partial charge in [-0.15, -0.1) is 0 Å². The van der Waals surface area contributed by atoms with Gasteiger partial charge in [0.15, 0.2) is 0 Å². The third-order valence-corrected chi connectivity index (χ3v) is 3.79. The molecule has 0 fully saturated rings. The summed E-state index contributed by atoms with van der Waals surface area (Å²) < 4.78 is 1.83. The number of rotatable bonds is 5. The van der Waals surface area contributed by atoms with Crippen molar-refractivity contribution in [3.05, 3.63) is 59.0 Å². The Morgan fingerprint density at radius 2 is 2.19 bits per heavy atom. The minimum absolute atomic E-state index is 0.747. The van der Waals surface area contributed by atoms with Crippen LogP contribution in [0.2, 0.25) is 5.02 Å². The molecule has 1 N–H and O–H groups in total. The van der Waals surface area contributed by atoms with E-state index < -0.39 is 0 Å². The molecule has 3 rings (SSSR count). The number of hydrogen-bond acceptors (Lipinski definition) is 3. The maximum Gasteiger partial charge on any atom is 0.0761 e. The van der Waals surface area contributed by atoms with E-state index in [1.807, 2.05) is 48.4 Å². The van der Waals surface area contributed by atoms with Gasteiger partial charge >= 0.3 is 0 Å². The Morgan fingerprint density at radius 3 is 3.00 bits per heavy atom. The summed E-state index contributed by atoms with van der Waals surface area (Å²) in [5, 5.41) is 9.37. The van der Waals surface area contributed by atoms with Crippen LogP contribution in [0.3, 0.4) is 0 Å². The number of hydrogen-bond donors (Lipinski definition) is 1. The molecular formula is C16H17ClN4. The first-order chi connectivity index (χ1) is 10.2. The molecule has 0 amide bonds. The number of fused-ring (bicyclic) bond motifs is 1. The molecule has 1 aromatic carbocycles. The fourth-order valence-corrected chi connectivity index (χ4v) is 2.61. The number of nitrogens with zero attached hydrogens (tertiary/aromatic N) is 3. The largest absolute Gasteiger partial charge is 0.312 e. The molecule has 108 valence electrons. The van der Waals surface area contributed by atoms with E-state index in [0.29, 0.717) is 0 Å². The van der Waals surface area contributed by atoms with E-state index in [1.54, 1.807) is 6.20 Å². The first kappa shape index (κ1) is 14.0. The van der Waals surface area contributed by atoms with Crippen LogP contribution in [0, 0.1) is 0 Å². The molecule has 2 heterocycles. The van der Waals surface area contributed by atoms with Crippen LogP contribution < -0.4 is 5.32 Å². The van der Waals surface area contributed by atoms with Gasteiger partial charge in [-0.2, -0.15) is 5.10 Å². The molecule has 4 nitrogen and oxygen atoms in total. The summed E-state index contributed by atoms with van der Waals surface area (Å²) in [4.78, 5) is 4.44. The summed E-state index contributed by atoms with van der Waals surface area (Å²) in [6.07, 6.45) is 6.71. The molecule has 0 atom stereocenters. The van der Waals surface area contributed by atoms with Gasteiger partial charge in [-0.1, -0.05) is 17.7 Å². The van der Waals surface area contributed by atoms with Gasteiger partial charge in [0, 0.05) is 36.4 Å². The number of pyridine rings is 1. The molecule has 0 bridgehead atoms. The van der Waals surface area contributed by atoms with E-state index >= 15 is 0 Å². The Bertz CT molecular complexity index is 751. The van der Waals surface area contributed by atoms with Crippen molar-refractivity contribution in [3.63, 3.8) is 0 Å². The second-order valence-corrected chi connectivity index (χ2v) is 5.46. The lowest BCUT2D eigenvalue weighted by Crippen LogP contribution is -2.16. The smallest absolute Gasteiger partial charge is 0.0761 e. The van der Waals surface area contributed by atoms with Crippen LogP contribution in [0.1, 0.15) is 11.1 Å². The van der Waals surface area contributed by atoms with Gasteiger partial charge in [-0.3, -0.25) is 9.67 Å². The average molecular weight is 301 g/mol. The predicted molar refractivity (Wildman–Crippen MR) is 85.4 cm³/mol. The van der Waals surface area contributed by atoms with Crippen LogP contribution in [-0.4, -0.2) is 21.3 Å². The van der Waals surface area contributed by atoms with Gasteiger partial charge in [0.25, 0.3) is 0 Å². The zero-order valence-corrected chi connectivity index (χ0v) is 12.6. The summed E-state index contributed by atoms with van der Waals surface area (Å²) in [6, 6.07) is 7.88. The third-order valence-electron chi connectivity index (χ3n) is 3.46. The average Bonchev–Trinajstić information content (AvgIpc) is 2.91. The minimum atomic E-state index is 0.747. The minimum Gasteiger partial charge on any atom is -0.312 e. The molecule has 0 saturated heterocycles. The monoisotopic (exact) mass is 300 g/mol. The van der Waals surface area contributed by atoms with Gasteiger partial charge < -0.3 is 5.32 Å². The van der Waals surface area contributed by atoms with Crippen LogP contribution >= 0.6 is 11.6 Å².